The molecule has 0 radical (unpaired) electrons. The molecule has 0 bridgehead atoms. The second-order valence-electron chi connectivity index (χ2n) is 16.9. The molecule has 0 saturated carbocycles. The van der Waals surface area contributed by atoms with Gasteiger partial charge in [-0.25, -0.2) is 9.18 Å². The smallest absolute Gasteiger partial charge is 0.328 e. The molecular weight excluding hydrogens is 866 g/mol. The molecule has 0 amide bonds. The van der Waals surface area contributed by atoms with Crippen LogP contribution in [0.4, 0.5) is 15.8 Å². The average Bonchev–Trinajstić information content (AvgIpc) is 3.70. The number of aromatic nitrogens is 1. The van der Waals surface area contributed by atoms with Crippen LogP contribution >= 0.6 is 0 Å². The maximum absolute atomic E-state index is 13.9. The van der Waals surface area contributed by atoms with Crippen molar-refractivity contribution in [1.82, 2.24) is 4.57 Å². The van der Waals surface area contributed by atoms with Crippen LogP contribution in [0.15, 0.2) is 194 Å². The van der Waals surface area contributed by atoms with Crippen molar-refractivity contribution in [3.8, 4) is 17.2 Å². The zero-order chi connectivity index (χ0) is 47.7. The molecule has 0 aliphatic carbocycles. The molecule has 9 nitrogen and oxygen atoms in total. The van der Waals surface area contributed by atoms with Gasteiger partial charge in [0.15, 0.2) is 11.6 Å². The van der Waals surface area contributed by atoms with Crippen LogP contribution in [0.25, 0.3) is 21.8 Å². The van der Waals surface area contributed by atoms with Crippen LogP contribution in [0.5, 0.6) is 17.2 Å². The predicted molar refractivity (Wildman–Crippen MR) is 270 cm³/mol. The highest BCUT2D eigenvalue weighted by Crippen LogP contribution is 2.30. The van der Waals surface area contributed by atoms with E-state index in [0.29, 0.717) is 46.0 Å². The number of hydrogen-bond donors (Lipinski definition) is 2. The van der Waals surface area contributed by atoms with E-state index in [0.717, 1.165) is 35.5 Å². The standard InChI is InChI=1S/C59H50FN3O6/c1-39(37-40-19-29-45(30-20-40)68-36-35-63-55-17-9-5-11-48(55)49-12-6-10-18-56(49)63)61-52-15-7-3-13-50(52)58(65)43-25-33-47(34-26-43)69-46-31-21-41(22-32-46)38-54(59(66)67-2)62-53-16-8-4-14-51(53)57(64)42-23-27-44(60)28-24-42/h3-34,39,54,61-62H,35-38H2,1-2H3. The van der Waals surface area contributed by atoms with Gasteiger partial charge in [0.1, 0.15) is 35.7 Å². The second kappa shape index (κ2) is 21.0. The number of para-hydroxylation sites is 4. The van der Waals surface area contributed by atoms with Crippen LogP contribution in [-0.2, 0) is 28.9 Å². The SMILES string of the molecule is COC(=O)C(Cc1ccc(Oc2ccc(C(=O)c3ccccc3NC(C)Cc3ccc(OCCn4c5ccccc5c5ccccc54)cc3)cc2)cc1)Nc1ccccc1C(=O)c1ccc(F)cc1. The van der Waals surface area contributed by atoms with Gasteiger partial charge in [0.25, 0.3) is 0 Å². The Hall–Kier alpha value is -8.50. The number of hydrogen-bond acceptors (Lipinski definition) is 8. The highest BCUT2D eigenvalue weighted by Gasteiger charge is 2.23. The monoisotopic (exact) mass is 915 g/mol. The van der Waals surface area contributed by atoms with E-state index in [1.807, 2.05) is 48.5 Å². The third-order valence-corrected chi connectivity index (χ3v) is 12.1. The van der Waals surface area contributed by atoms with E-state index in [1.165, 1.54) is 53.2 Å². The molecule has 9 rings (SSSR count). The van der Waals surface area contributed by atoms with E-state index in [2.05, 4.69) is 82.8 Å². The summed E-state index contributed by atoms with van der Waals surface area (Å²) in [5.41, 5.74) is 7.34. The zero-order valence-corrected chi connectivity index (χ0v) is 38.2. The lowest BCUT2D eigenvalue weighted by Crippen LogP contribution is -2.33. The van der Waals surface area contributed by atoms with Crippen molar-refractivity contribution in [2.75, 3.05) is 24.4 Å². The summed E-state index contributed by atoms with van der Waals surface area (Å²) in [6.07, 6.45) is 1.00. The fourth-order valence-corrected chi connectivity index (χ4v) is 8.68. The third-order valence-electron chi connectivity index (χ3n) is 12.1. The summed E-state index contributed by atoms with van der Waals surface area (Å²) in [4.78, 5) is 40.2. The first-order chi connectivity index (χ1) is 33.7. The Balaban J connectivity index is 0.777. The molecule has 2 atom stereocenters. The van der Waals surface area contributed by atoms with Gasteiger partial charge in [-0.3, -0.25) is 9.59 Å². The number of halogens is 1. The molecule has 344 valence electrons. The number of methoxy groups -OCH3 is 1. The van der Waals surface area contributed by atoms with Gasteiger partial charge in [0.2, 0.25) is 0 Å². The fraction of sp³-hybridized carbons (Fsp3) is 0.136. The maximum atomic E-state index is 13.9. The van der Waals surface area contributed by atoms with Crippen molar-refractivity contribution in [1.29, 1.82) is 0 Å². The molecule has 1 aromatic heterocycles. The Labute approximate surface area is 400 Å². The van der Waals surface area contributed by atoms with E-state index in [-0.39, 0.29) is 24.0 Å². The van der Waals surface area contributed by atoms with Crippen molar-refractivity contribution in [3.63, 3.8) is 0 Å². The number of benzene rings is 8. The van der Waals surface area contributed by atoms with Gasteiger partial charge >= 0.3 is 5.97 Å². The number of anilines is 2. The second-order valence-corrected chi connectivity index (χ2v) is 16.9. The number of nitrogens with zero attached hydrogens (tertiary/aromatic N) is 1. The molecular formula is C59H50FN3O6. The molecule has 8 aromatic carbocycles. The van der Waals surface area contributed by atoms with Crippen molar-refractivity contribution in [2.45, 2.75) is 38.4 Å². The van der Waals surface area contributed by atoms with Gasteiger partial charge in [-0.15, -0.1) is 0 Å². The molecule has 0 fully saturated rings. The van der Waals surface area contributed by atoms with Gasteiger partial charge in [-0.2, -0.15) is 0 Å². The summed E-state index contributed by atoms with van der Waals surface area (Å²) >= 11 is 0. The van der Waals surface area contributed by atoms with Crippen LogP contribution in [0.2, 0.25) is 0 Å². The number of ether oxygens (including phenoxy) is 3. The fourth-order valence-electron chi connectivity index (χ4n) is 8.68. The predicted octanol–water partition coefficient (Wildman–Crippen LogP) is 12.5. The Morgan fingerprint density at radius 1 is 0.536 bits per heavy atom. The number of rotatable bonds is 19. The molecule has 0 saturated heterocycles. The number of carbonyl (C=O) groups is 3. The molecule has 1 heterocycles. The normalized spacial score (nSPS) is 12.0. The Morgan fingerprint density at radius 3 is 1.57 bits per heavy atom. The summed E-state index contributed by atoms with van der Waals surface area (Å²) in [5, 5.41) is 9.25. The van der Waals surface area contributed by atoms with Crippen molar-refractivity contribution < 1.29 is 33.0 Å². The molecule has 0 spiro atoms. The summed E-state index contributed by atoms with van der Waals surface area (Å²) in [6, 6.07) is 58.5. The first-order valence-corrected chi connectivity index (χ1v) is 22.9. The number of carbonyl (C=O) groups excluding carboxylic acids is 3. The average molecular weight is 916 g/mol. The molecule has 0 aliphatic heterocycles. The Morgan fingerprint density at radius 2 is 1.00 bits per heavy atom. The minimum absolute atomic E-state index is 0.0345. The lowest BCUT2D eigenvalue weighted by atomic mass is 10.00. The minimum Gasteiger partial charge on any atom is -0.492 e. The summed E-state index contributed by atoms with van der Waals surface area (Å²) in [7, 11) is 1.31. The topological polar surface area (TPSA) is 108 Å². The molecule has 0 aliphatic rings. The van der Waals surface area contributed by atoms with Crippen molar-refractivity contribution >= 4 is 50.7 Å². The van der Waals surface area contributed by atoms with Gasteiger partial charge in [0, 0.05) is 67.9 Å². The van der Waals surface area contributed by atoms with E-state index in [9.17, 15) is 18.8 Å². The molecule has 69 heavy (non-hydrogen) atoms. The van der Waals surface area contributed by atoms with Gasteiger partial charge in [-0.1, -0.05) is 84.9 Å². The lowest BCUT2D eigenvalue weighted by Gasteiger charge is -2.20. The summed E-state index contributed by atoms with van der Waals surface area (Å²) in [5.74, 6) is 0.578. The molecule has 2 unspecified atom stereocenters. The third kappa shape index (κ3) is 10.7. The molecule has 9 aromatic rings. The highest BCUT2D eigenvalue weighted by molar-refractivity contribution is 6.13. The Bertz CT molecular complexity index is 3190. The number of ketones is 2. The number of fused-ring (bicyclic) bond motifs is 3. The van der Waals surface area contributed by atoms with E-state index in [4.69, 9.17) is 14.2 Å². The van der Waals surface area contributed by atoms with E-state index < -0.39 is 17.8 Å². The van der Waals surface area contributed by atoms with Crippen LogP contribution < -0.4 is 20.1 Å². The lowest BCUT2D eigenvalue weighted by molar-refractivity contribution is -0.141. The van der Waals surface area contributed by atoms with Crippen LogP contribution in [0.1, 0.15) is 49.9 Å². The number of nitrogens with one attached hydrogen (secondary N) is 2. The van der Waals surface area contributed by atoms with Crippen LogP contribution in [0, 0.1) is 5.82 Å². The van der Waals surface area contributed by atoms with E-state index in [1.54, 1.807) is 60.7 Å². The molecule has 10 heteroatoms. The quantitative estimate of drug-likeness (QED) is 0.0610. The summed E-state index contributed by atoms with van der Waals surface area (Å²) < 4.78 is 33.3. The highest BCUT2D eigenvalue weighted by atomic mass is 19.1. The summed E-state index contributed by atoms with van der Waals surface area (Å²) in [6.45, 7) is 3.38. The van der Waals surface area contributed by atoms with Crippen LogP contribution in [-0.4, -0.2) is 47.9 Å². The van der Waals surface area contributed by atoms with Crippen molar-refractivity contribution in [3.05, 3.63) is 233 Å². The van der Waals surface area contributed by atoms with Crippen molar-refractivity contribution in [2.24, 2.45) is 0 Å². The first kappa shape index (κ1) is 45.6. The first-order valence-electron chi connectivity index (χ1n) is 22.9. The largest absolute Gasteiger partial charge is 0.492 e. The minimum atomic E-state index is -0.814. The Kier molecular flexibility index (Phi) is 13.9. The van der Waals surface area contributed by atoms with Gasteiger partial charge in [-0.05, 0) is 134 Å². The van der Waals surface area contributed by atoms with Gasteiger partial charge < -0.3 is 29.4 Å². The van der Waals surface area contributed by atoms with Gasteiger partial charge in [0.05, 0.1) is 13.7 Å². The zero-order valence-electron chi connectivity index (χ0n) is 38.2. The van der Waals surface area contributed by atoms with Crippen LogP contribution in [0.3, 0.4) is 0 Å². The van der Waals surface area contributed by atoms with E-state index >= 15 is 0 Å². The number of esters is 1. The molecule has 2 N–H and O–H groups in total. The maximum Gasteiger partial charge on any atom is 0.328 e.